The Hall–Kier alpha value is -1.07. The first-order valence-electron chi connectivity index (χ1n) is 6.70. The van der Waals surface area contributed by atoms with Gasteiger partial charge in [0.05, 0.1) is 7.11 Å². The van der Waals surface area contributed by atoms with Gasteiger partial charge in [-0.05, 0) is 37.8 Å². The summed E-state index contributed by atoms with van der Waals surface area (Å²) in [5.74, 6) is 0.427. The number of rotatable bonds is 4. The van der Waals surface area contributed by atoms with E-state index in [-0.39, 0.29) is 16.4 Å². The van der Waals surface area contributed by atoms with Gasteiger partial charge in [0.15, 0.2) is 0 Å². The Balaban J connectivity index is 3.60. The summed E-state index contributed by atoms with van der Waals surface area (Å²) in [6, 6.07) is 3.47. The molecule has 0 bridgehead atoms. The highest BCUT2D eigenvalue weighted by atomic mass is 32.2. The molecule has 0 saturated heterocycles. The molecule has 0 aliphatic heterocycles. The van der Waals surface area contributed by atoms with Crippen molar-refractivity contribution in [2.45, 2.75) is 57.9 Å². The zero-order valence-corrected chi connectivity index (χ0v) is 14.2. The maximum absolute atomic E-state index is 12.5. The van der Waals surface area contributed by atoms with Crippen molar-refractivity contribution in [1.82, 2.24) is 4.72 Å². The fourth-order valence-electron chi connectivity index (χ4n) is 2.08. The van der Waals surface area contributed by atoms with Crippen LogP contribution in [0.15, 0.2) is 17.0 Å². The number of sulfonamides is 1. The van der Waals surface area contributed by atoms with E-state index >= 15 is 0 Å². The molecule has 1 aromatic carbocycles. The second-order valence-electron chi connectivity index (χ2n) is 6.37. The van der Waals surface area contributed by atoms with E-state index in [2.05, 4.69) is 4.72 Å². The van der Waals surface area contributed by atoms with Crippen LogP contribution in [-0.2, 0) is 15.4 Å². The topological polar surface area (TPSA) is 55.4 Å². The highest BCUT2D eigenvalue weighted by Crippen LogP contribution is 2.37. The highest BCUT2D eigenvalue weighted by molar-refractivity contribution is 7.89. The largest absolute Gasteiger partial charge is 0.495 e. The van der Waals surface area contributed by atoms with Gasteiger partial charge in [-0.1, -0.05) is 26.8 Å². The maximum Gasteiger partial charge on any atom is 0.244 e. The van der Waals surface area contributed by atoms with Crippen LogP contribution in [0.5, 0.6) is 5.75 Å². The first-order valence-corrected chi connectivity index (χ1v) is 8.19. The Morgan fingerprint density at radius 3 is 2.15 bits per heavy atom. The lowest BCUT2D eigenvalue weighted by molar-refractivity contribution is 0.385. The summed E-state index contributed by atoms with van der Waals surface area (Å²) < 4.78 is 32.9. The van der Waals surface area contributed by atoms with E-state index < -0.39 is 10.0 Å². The molecule has 20 heavy (non-hydrogen) atoms. The van der Waals surface area contributed by atoms with Crippen molar-refractivity contribution < 1.29 is 13.2 Å². The third kappa shape index (κ3) is 3.73. The molecule has 0 aliphatic carbocycles. The van der Waals surface area contributed by atoms with Gasteiger partial charge >= 0.3 is 0 Å². The SMILES string of the molecule is COc1c(C(C)(C)C)cc(C)cc1S(=O)(=O)NC(C)C. The first-order chi connectivity index (χ1) is 8.99. The molecule has 0 fully saturated rings. The van der Waals surface area contributed by atoms with Crippen molar-refractivity contribution >= 4 is 10.0 Å². The molecule has 0 spiro atoms. The van der Waals surface area contributed by atoms with E-state index in [1.165, 1.54) is 7.11 Å². The molecule has 1 rings (SSSR count). The van der Waals surface area contributed by atoms with Gasteiger partial charge in [-0.2, -0.15) is 0 Å². The highest BCUT2D eigenvalue weighted by Gasteiger charge is 2.27. The van der Waals surface area contributed by atoms with Gasteiger partial charge in [-0.15, -0.1) is 0 Å². The number of ether oxygens (including phenoxy) is 1. The zero-order chi connectivity index (χ0) is 15.7. The normalized spacial score (nSPS) is 12.8. The Kier molecular flexibility index (Phi) is 4.87. The number of methoxy groups -OCH3 is 1. The molecule has 0 radical (unpaired) electrons. The van der Waals surface area contributed by atoms with Gasteiger partial charge < -0.3 is 4.74 Å². The smallest absolute Gasteiger partial charge is 0.244 e. The fourth-order valence-corrected chi connectivity index (χ4v) is 3.61. The fraction of sp³-hybridized carbons (Fsp3) is 0.600. The lowest BCUT2D eigenvalue weighted by atomic mass is 9.85. The van der Waals surface area contributed by atoms with Crippen LogP contribution in [0.3, 0.4) is 0 Å². The molecule has 5 heteroatoms. The molecule has 1 N–H and O–H groups in total. The third-order valence-electron chi connectivity index (χ3n) is 2.89. The van der Waals surface area contributed by atoms with Crippen molar-refractivity contribution in [2.75, 3.05) is 7.11 Å². The van der Waals surface area contributed by atoms with Gasteiger partial charge in [0.1, 0.15) is 10.6 Å². The second kappa shape index (κ2) is 5.74. The molecule has 1 aromatic rings. The Morgan fingerprint density at radius 2 is 1.75 bits per heavy atom. The van der Waals surface area contributed by atoms with Gasteiger partial charge in [0.25, 0.3) is 0 Å². The van der Waals surface area contributed by atoms with E-state index in [0.29, 0.717) is 5.75 Å². The molecular weight excluding hydrogens is 274 g/mol. The summed E-state index contributed by atoms with van der Waals surface area (Å²) in [5.41, 5.74) is 1.60. The number of hydrogen-bond donors (Lipinski definition) is 1. The van der Waals surface area contributed by atoms with Crippen molar-refractivity contribution in [3.05, 3.63) is 23.3 Å². The molecule has 4 nitrogen and oxygen atoms in total. The average molecular weight is 299 g/mol. The van der Waals surface area contributed by atoms with Crippen LogP contribution in [0.2, 0.25) is 0 Å². The molecular formula is C15H25NO3S. The molecule has 0 aromatic heterocycles. The van der Waals surface area contributed by atoms with Crippen LogP contribution in [-0.4, -0.2) is 21.6 Å². The molecule has 0 aliphatic rings. The van der Waals surface area contributed by atoms with E-state index in [0.717, 1.165) is 11.1 Å². The Bertz CT molecular complexity index is 584. The van der Waals surface area contributed by atoms with Gasteiger partial charge in [0.2, 0.25) is 10.0 Å². The van der Waals surface area contributed by atoms with E-state index in [1.807, 2.05) is 33.8 Å². The monoisotopic (exact) mass is 299 g/mol. The minimum Gasteiger partial charge on any atom is -0.495 e. The average Bonchev–Trinajstić information content (AvgIpc) is 2.24. The summed E-state index contributed by atoms with van der Waals surface area (Å²) in [6.07, 6.45) is 0. The maximum atomic E-state index is 12.5. The molecule has 0 unspecified atom stereocenters. The van der Waals surface area contributed by atoms with Crippen molar-refractivity contribution in [3.63, 3.8) is 0 Å². The Labute approximate surface area is 122 Å². The summed E-state index contributed by atoms with van der Waals surface area (Å²) >= 11 is 0. The van der Waals surface area contributed by atoms with E-state index in [1.54, 1.807) is 19.9 Å². The summed E-state index contributed by atoms with van der Waals surface area (Å²) in [7, 11) is -2.07. The predicted molar refractivity (Wildman–Crippen MR) is 81.9 cm³/mol. The second-order valence-corrected chi connectivity index (χ2v) is 8.05. The number of hydrogen-bond acceptors (Lipinski definition) is 3. The van der Waals surface area contributed by atoms with Crippen LogP contribution >= 0.6 is 0 Å². The lowest BCUT2D eigenvalue weighted by Crippen LogP contribution is -2.31. The van der Waals surface area contributed by atoms with Crippen LogP contribution < -0.4 is 9.46 Å². The number of nitrogens with one attached hydrogen (secondary N) is 1. The summed E-state index contributed by atoms with van der Waals surface area (Å²) in [4.78, 5) is 0.207. The van der Waals surface area contributed by atoms with Crippen molar-refractivity contribution in [1.29, 1.82) is 0 Å². The predicted octanol–water partition coefficient (Wildman–Crippen LogP) is 2.99. The number of aryl methyl sites for hydroxylation is 1. The van der Waals surface area contributed by atoms with Crippen LogP contribution in [0.4, 0.5) is 0 Å². The third-order valence-corrected chi connectivity index (χ3v) is 4.56. The summed E-state index contributed by atoms with van der Waals surface area (Å²) in [5, 5.41) is 0. The first kappa shape index (κ1) is 17.0. The van der Waals surface area contributed by atoms with Gasteiger partial charge in [0, 0.05) is 11.6 Å². The van der Waals surface area contributed by atoms with Crippen LogP contribution in [0.25, 0.3) is 0 Å². The summed E-state index contributed by atoms with van der Waals surface area (Å²) in [6.45, 7) is 11.6. The molecule has 0 amide bonds. The van der Waals surface area contributed by atoms with E-state index in [9.17, 15) is 8.42 Å². The minimum atomic E-state index is -3.58. The minimum absolute atomic E-state index is 0.164. The van der Waals surface area contributed by atoms with Crippen molar-refractivity contribution in [3.8, 4) is 5.75 Å². The quantitative estimate of drug-likeness (QED) is 0.930. The molecule has 0 heterocycles. The zero-order valence-electron chi connectivity index (χ0n) is 13.4. The van der Waals surface area contributed by atoms with Crippen molar-refractivity contribution in [2.24, 2.45) is 0 Å². The number of benzene rings is 1. The molecule has 114 valence electrons. The molecule has 0 saturated carbocycles. The molecule has 0 atom stereocenters. The Morgan fingerprint density at radius 1 is 1.20 bits per heavy atom. The van der Waals surface area contributed by atoms with Gasteiger partial charge in [-0.3, -0.25) is 0 Å². The van der Waals surface area contributed by atoms with Crippen LogP contribution in [0, 0.1) is 6.92 Å². The standard InChI is InChI=1S/C15H25NO3S/c1-10(2)16-20(17,18)13-9-11(3)8-12(14(13)19-7)15(4,5)6/h8-10,16H,1-7H3. The van der Waals surface area contributed by atoms with E-state index in [4.69, 9.17) is 4.74 Å². The van der Waals surface area contributed by atoms with Crippen LogP contribution in [0.1, 0.15) is 45.7 Å². The van der Waals surface area contributed by atoms with Gasteiger partial charge in [-0.25, -0.2) is 13.1 Å². The lowest BCUT2D eigenvalue weighted by Gasteiger charge is -2.25.